The van der Waals surface area contributed by atoms with E-state index in [4.69, 9.17) is 9.47 Å². The van der Waals surface area contributed by atoms with Gasteiger partial charge in [-0.3, -0.25) is 0 Å². The van der Waals surface area contributed by atoms with Crippen molar-refractivity contribution in [3.8, 4) is 17.2 Å². The Morgan fingerprint density at radius 1 is 1.13 bits per heavy atom. The second kappa shape index (κ2) is 10.6. The van der Waals surface area contributed by atoms with Crippen molar-refractivity contribution in [3.05, 3.63) is 48.0 Å². The van der Waals surface area contributed by atoms with Crippen molar-refractivity contribution >= 4 is 11.6 Å². The number of phenolic OH excluding ortho intramolecular Hbond substituents is 1. The Morgan fingerprint density at radius 2 is 1.90 bits per heavy atom. The standard InChI is InChI=1S/C23H32N4O3/c1-4-24-23(25-15-17-9-7-13-21(30-3)22(17)28)26-18-10-8-14-27(16-18)19-11-5-6-12-20(19)29-2/h5-7,9,11-13,18,28H,4,8,10,14-16H2,1-3H3,(H2,24,25,26). The second-order valence-electron chi connectivity index (χ2n) is 7.26. The highest BCUT2D eigenvalue weighted by molar-refractivity contribution is 5.80. The van der Waals surface area contributed by atoms with Gasteiger partial charge >= 0.3 is 0 Å². The molecule has 1 heterocycles. The first kappa shape index (κ1) is 21.6. The van der Waals surface area contributed by atoms with E-state index < -0.39 is 0 Å². The van der Waals surface area contributed by atoms with Gasteiger partial charge in [0.2, 0.25) is 0 Å². The predicted octanol–water partition coefficient (Wildman–Crippen LogP) is 3.13. The molecule has 0 saturated carbocycles. The number of hydrogen-bond acceptors (Lipinski definition) is 5. The van der Waals surface area contributed by atoms with Gasteiger partial charge in [-0.1, -0.05) is 24.3 Å². The normalized spacial score (nSPS) is 16.8. The van der Waals surface area contributed by atoms with Crippen molar-refractivity contribution in [1.29, 1.82) is 0 Å². The highest BCUT2D eigenvalue weighted by Gasteiger charge is 2.23. The van der Waals surface area contributed by atoms with Gasteiger partial charge in [0.25, 0.3) is 0 Å². The fourth-order valence-electron chi connectivity index (χ4n) is 3.74. The molecule has 3 rings (SSSR count). The zero-order valence-electron chi connectivity index (χ0n) is 18.0. The number of hydrogen-bond donors (Lipinski definition) is 3. The van der Waals surface area contributed by atoms with Crippen molar-refractivity contribution < 1.29 is 14.6 Å². The number of para-hydroxylation sites is 3. The van der Waals surface area contributed by atoms with Crippen LogP contribution >= 0.6 is 0 Å². The van der Waals surface area contributed by atoms with Crippen molar-refractivity contribution in [2.75, 3.05) is 38.8 Å². The molecule has 7 heteroatoms. The third-order valence-corrected chi connectivity index (χ3v) is 5.24. The summed E-state index contributed by atoms with van der Waals surface area (Å²) >= 11 is 0. The van der Waals surface area contributed by atoms with Crippen LogP contribution in [0.1, 0.15) is 25.3 Å². The quantitative estimate of drug-likeness (QED) is 0.479. The molecule has 1 atom stereocenters. The van der Waals surface area contributed by atoms with Crippen LogP contribution in [0.4, 0.5) is 5.69 Å². The highest BCUT2D eigenvalue weighted by atomic mass is 16.5. The Kier molecular flexibility index (Phi) is 7.65. The Bertz CT molecular complexity index is 856. The van der Waals surface area contributed by atoms with E-state index in [1.807, 2.05) is 37.3 Å². The molecule has 0 aliphatic carbocycles. The summed E-state index contributed by atoms with van der Waals surface area (Å²) in [6.45, 7) is 5.04. The van der Waals surface area contributed by atoms with Gasteiger partial charge in [-0.05, 0) is 38.0 Å². The van der Waals surface area contributed by atoms with E-state index in [-0.39, 0.29) is 11.8 Å². The summed E-state index contributed by atoms with van der Waals surface area (Å²) < 4.78 is 10.7. The zero-order valence-corrected chi connectivity index (χ0v) is 18.0. The molecule has 1 fully saturated rings. The molecule has 1 aliphatic rings. The molecule has 7 nitrogen and oxygen atoms in total. The van der Waals surface area contributed by atoms with Crippen LogP contribution in [0.25, 0.3) is 0 Å². The molecule has 0 amide bonds. The molecule has 1 unspecified atom stereocenters. The maximum Gasteiger partial charge on any atom is 0.191 e. The minimum Gasteiger partial charge on any atom is -0.504 e. The summed E-state index contributed by atoms with van der Waals surface area (Å²) in [5, 5.41) is 17.2. The summed E-state index contributed by atoms with van der Waals surface area (Å²) in [7, 11) is 3.26. The number of benzene rings is 2. The van der Waals surface area contributed by atoms with E-state index in [1.54, 1.807) is 20.3 Å². The van der Waals surface area contributed by atoms with Gasteiger partial charge in [0.15, 0.2) is 17.5 Å². The number of anilines is 1. The molecule has 2 aromatic rings. The van der Waals surface area contributed by atoms with Gasteiger partial charge in [0, 0.05) is 31.2 Å². The first-order valence-electron chi connectivity index (χ1n) is 10.4. The number of piperidine rings is 1. The Hall–Kier alpha value is -3.09. The lowest BCUT2D eigenvalue weighted by molar-refractivity contribution is 0.370. The van der Waals surface area contributed by atoms with Gasteiger partial charge in [-0.15, -0.1) is 0 Å². The molecule has 0 aromatic heterocycles. The first-order chi connectivity index (χ1) is 14.7. The Labute approximate surface area is 178 Å². The molecular weight excluding hydrogens is 380 g/mol. The molecule has 2 aromatic carbocycles. The van der Waals surface area contributed by atoms with E-state index >= 15 is 0 Å². The monoisotopic (exact) mass is 412 g/mol. The van der Waals surface area contributed by atoms with Crippen molar-refractivity contribution in [2.24, 2.45) is 4.99 Å². The molecule has 162 valence electrons. The van der Waals surface area contributed by atoms with Crippen LogP contribution < -0.4 is 25.0 Å². The number of guanidine groups is 1. The number of nitrogens with zero attached hydrogens (tertiary/aromatic N) is 2. The van der Waals surface area contributed by atoms with E-state index in [0.717, 1.165) is 55.4 Å². The third kappa shape index (κ3) is 5.28. The molecule has 0 bridgehead atoms. The minimum atomic E-state index is 0.139. The lowest BCUT2D eigenvalue weighted by atomic mass is 10.0. The lowest BCUT2D eigenvalue weighted by Crippen LogP contribution is -2.51. The van der Waals surface area contributed by atoms with E-state index in [9.17, 15) is 5.11 Å². The smallest absolute Gasteiger partial charge is 0.191 e. The number of methoxy groups -OCH3 is 2. The Morgan fingerprint density at radius 3 is 2.67 bits per heavy atom. The van der Waals surface area contributed by atoms with Crippen LogP contribution in [0.2, 0.25) is 0 Å². The number of nitrogens with one attached hydrogen (secondary N) is 2. The van der Waals surface area contributed by atoms with E-state index in [2.05, 4.69) is 26.6 Å². The number of aliphatic imine (C=N–C) groups is 1. The lowest BCUT2D eigenvalue weighted by Gasteiger charge is -2.36. The van der Waals surface area contributed by atoms with Crippen molar-refractivity contribution in [2.45, 2.75) is 32.4 Å². The third-order valence-electron chi connectivity index (χ3n) is 5.24. The van der Waals surface area contributed by atoms with Gasteiger partial charge in [-0.25, -0.2) is 4.99 Å². The van der Waals surface area contributed by atoms with Crippen LogP contribution in [0.15, 0.2) is 47.5 Å². The summed E-state index contributed by atoms with van der Waals surface area (Å²) in [4.78, 5) is 7.04. The second-order valence-corrected chi connectivity index (χ2v) is 7.26. The fourth-order valence-corrected chi connectivity index (χ4v) is 3.74. The van der Waals surface area contributed by atoms with Gasteiger partial charge in [0.1, 0.15) is 5.75 Å². The molecule has 3 N–H and O–H groups in total. The highest BCUT2D eigenvalue weighted by Crippen LogP contribution is 2.31. The van der Waals surface area contributed by atoms with Crippen LogP contribution in [-0.2, 0) is 6.54 Å². The van der Waals surface area contributed by atoms with Crippen LogP contribution in [0, 0.1) is 0 Å². The molecule has 1 aliphatic heterocycles. The van der Waals surface area contributed by atoms with Gasteiger partial charge in [0.05, 0.1) is 26.5 Å². The Balaban J connectivity index is 1.69. The zero-order chi connectivity index (χ0) is 21.3. The van der Waals surface area contributed by atoms with Gasteiger partial charge in [-0.2, -0.15) is 0 Å². The largest absolute Gasteiger partial charge is 0.504 e. The maximum absolute atomic E-state index is 10.3. The van der Waals surface area contributed by atoms with Crippen LogP contribution in [0.3, 0.4) is 0 Å². The summed E-state index contributed by atoms with van der Waals surface area (Å²) in [5.41, 5.74) is 1.85. The molecule has 0 spiro atoms. The molecule has 1 saturated heterocycles. The van der Waals surface area contributed by atoms with Crippen LogP contribution in [0.5, 0.6) is 17.2 Å². The van der Waals surface area contributed by atoms with E-state index in [0.29, 0.717) is 12.3 Å². The molecule has 30 heavy (non-hydrogen) atoms. The maximum atomic E-state index is 10.3. The van der Waals surface area contributed by atoms with Crippen LogP contribution in [-0.4, -0.2) is 51.0 Å². The number of ether oxygens (including phenoxy) is 2. The average Bonchev–Trinajstić information content (AvgIpc) is 2.78. The number of rotatable bonds is 7. The van der Waals surface area contributed by atoms with E-state index in [1.165, 1.54) is 0 Å². The first-order valence-corrected chi connectivity index (χ1v) is 10.4. The van der Waals surface area contributed by atoms with Crippen molar-refractivity contribution in [1.82, 2.24) is 10.6 Å². The fraction of sp³-hybridized carbons (Fsp3) is 0.435. The molecular formula is C23H32N4O3. The average molecular weight is 413 g/mol. The van der Waals surface area contributed by atoms with Gasteiger partial charge < -0.3 is 30.1 Å². The number of aromatic hydroxyl groups is 1. The molecule has 0 radical (unpaired) electrons. The summed E-state index contributed by atoms with van der Waals surface area (Å²) in [6.07, 6.45) is 2.16. The number of phenols is 1. The van der Waals surface area contributed by atoms with Crippen molar-refractivity contribution in [3.63, 3.8) is 0 Å². The summed E-state index contributed by atoms with van der Waals surface area (Å²) in [5.74, 6) is 2.24. The topological polar surface area (TPSA) is 78.4 Å². The predicted molar refractivity (Wildman–Crippen MR) is 121 cm³/mol. The minimum absolute atomic E-state index is 0.139. The SMILES string of the molecule is CCNC(=NCc1cccc(OC)c1O)NC1CCCN(c2ccccc2OC)C1. The summed E-state index contributed by atoms with van der Waals surface area (Å²) in [6, 6.07) is 13.9.